The van der Waals surface area contributed by atoms with Crippen LogP contribution in [-0.2, 0) is 6.42 Å². The third-order valence-electron chi connectivity index (χ3n) is 2.28. The van der Waals surface area contributed by atoms with E-state index in [1.165, 1.54) is 0 Å². The van der Waals surface area contributed by atoms with Crippen LogP contribution in [0.25, 0.3) is 0 Å². The van der Waals surface area contributed by atoms with Gasteiger partial charge in [0.2, 0.25) is 0 Å². The summed E-state index contributed by atoms with van der Waals surface area (Å²) in [5, 5.41) is 6.48. The molecule has 0 unspecified atom stereocenters. The lowest BCUT2D eigenvalue weighted by Gasteiger charge is -2.05. The Morgan fingerprint density at radius 1 is 1.39 bits per heavy atom. The Hall–Kier alpha value is -2.30. The van der Waals surface area contributed by atoms with Gasteiger partial charge in [-0.15, -0.1) is 0 Å². The number of nitrogens with zero attached hydrogens (tertiary/aromatic N) is 1. The molecule has 1 aromatic heterocycles. The molecule has 0 radical (unpaired) electrons. The summed E-state index contributed by atoms with van der Waals surface area (Å²) >= 11 is 0. The van der Waals surface area contributed by atoms with Gasteiger partial charge < -0.3 is 14.6 Å². The topological polar surface area (TPSA) is 64.4 Å². The molecule has 1 amide bonds. The molecule has 0 saturated carbocycles. The minimum absolute atomic E-state index is 0.456. The SMILES string of the molecule is Cc1cc(CCNC(=O)Oc2ccccc2)no1. The number of para-hydroxylation sites is 1. The first kappa shape index (κ1) is 12.2. The number of ether oxygens (including phenoxy) is 1. The monoisotopic (exact) mass is 246 g/mol. The normalized spacial score (nSPS) is 10.1. The van der Waals surface area contributed by atoms with Gasteiger partial charge >= 0.3 is 6.09 Å². The minimum Gasteiger partial charge on any atom is -0.410 e. The van der Waals surface area contributed by atoms with Gasteiger partial charge in [-0.05, 0) is 19.1 Å². The van der Waals surface area contributed by atoms with Crippen LogP contribution in [-0.4, -0.2) is 17.8 Å². The van der Waals surface area contributed by atoms with Gasteiger partial charge in [0.05, 0.1) is 5.69 Å². The Labute approximate surface area is 105 Å². The number of aryl methyl sites for hydroxylation is 1. The molecule has 0 bridgehead atoms. The lowest BCUT2D eigenvalue weighted by Crippen LogP contribution is -2.28. The highest BCUT2D eigenvalue weighted by Crippen LogP contribution is 2.08. The second-order valence-electron chi connectivity index (χ2n) is 3.81. The van der Waals surface area contributed by atoms with E-state index in [0.29, 0.717) is 18.7 Å². The fourth-order valence-electron chi connectivity index (χ4n) is 1.46. The predicted octanol–water partition coefficient (Wildman–Crippen LogP) is 2.31. The van der Waals surface area contributed by atoms with E-state index in [4.69, 9.17) is 9.26 Å². The number of rotatable bonds is 4. The Balaban J connectivity index is 1.72. The summed E-state index contributed by atoms with van der Waals surface area (Å²) in [6.45, 7) is 2.28. The molecule has 2 rings (SSSR count). The summed E-state index contributed by atoms with van der Waals surface area (Å²) in [4.78, 5) is 11.4. The molecule has 5 nitrogen and oxygen atoms in total. The van der Waals surface area contributed by atoms with E-state index >= 15 is 0 Å². The maximum atomic E-state index is 11.4. The lowest BCUT2D eigenvalue weighted by molar-refractivity contribution is 0.200. The molecule has 1 heterocycles. The zero-order valence-corrected chi connectivity index (χ0v) is 10.1. The van der Waals surface area contributed by atoms with Crippen LogP contribution in [0.5, 0.6) is 5.75 Å². The van der Waals surface area contributed by atoms with E-state index < -0.39 is 6.09 Å². The molecule has 0 atom stereocenters. The maximum Gasteiger partial charge on any atom is 0.412 e. The molecule has 94 valence electrons. The van der Waals surface area contributed by atoms with Crippen molar-refractivity contribution in [2.24, 2.45) is 0 Å². The average molecular weight is 246 g/mol. The maximum absolute atomic E-state index is 11.4. The molecule has 0 aliphatic heterocycles. The van der Waals surface area contributed by atoms with Gasteiger partial charge in [-0.25, -0.2) is 4.79 Å². The molecule has 1 aromatic carbocycles. The summed E-state index contributed by atoms with van der Waals surface area (Å²) in [5.74, 6) is 1.28. The molecule has 0 spiro atoms. The van der Waals surface area contributed by atoms with Gasteiger partial charge in [0.15, 0.2) is 0 Å². The fraction of sp³-hybridized carbons (Fsp3) is 0.231. The Morgan fingerprint density at radius 3 is 2.83 bits per heavy atom. The number of benzene rings is 1. The van der Waals surface area contributed by atoms with Crippen molar-refractivity contribution in [3.8, 4) is 5.75 Å². The van der Waals surface area contributed by atoms with E-state index in [0.717, 1.165) is 11.5 Å². The molecular formula is C13H14N2O3. The highest BCUT2D eigenvalue weighted by molar-refractivity contribution is 5.70. The van der Waals surface area contributed by atoms with Crippen molar-refractivity contribution in [2.45, 2.75) is 13.3 Å². The smallest absolute Gasteiger partial charge is 0.410 e. The van der Waals surface area contributed by atoms with Crippen molar-refractivity contribution < 1.29 is 14.1 Å². The number of hydrogen-bond donors (Lipinski definition) is 1. The molecule has 18 heavy (non-hydrogen) atoms. The molecule has 1 N–H and O–H groups in total. The quantitative estimate of drug-likeness (QED) is 0.899. The molecular weight excluding hydrogens is 232 g/mol. The van der Waals surface area contributed by atoms with Gasteiger partial charge in [-0.3, -0.25) is 0 Å². The number of amides is 1. The number of carbonyl (C=O) groups is 1. The summed E-state index contributed by atoms with van der Waals surface area (Å²) in [5.41, 5.74) is 0.813. The first-order chi connectivity index (χ1) is 8.74. The molecule has 0 aliphatic rings. The highest BCUT2D eigenvalue weighted by Gasteiger charge is 2.04. The van der Waals surface area contributed by atoms with Crippen LogP contribution in [0.3, 0.4) is 0 Å². The average Bonchev–Trinajstić information content (AvgIpc) is 2.76. The van der Waals surface area contributed by atoms with E-state index in [1.54, 1.807) is 24.3 Å². The van der Waals surface area contributed by atoms with Crippen molar-refractivity contribution in [1.82, 2.24) is 10.5 Å². The van der Waals surface area contributed by atoms with E-state index in [-0.39, 0.29) is 0 Å². The van der Waals surface area contributed by atoms with Gasteiger partial charge in [0, 0.05) is 19.0 Å². The Kier molecular flexibility index (Phi) is 3.96. The number of carbonyl (C=O) groups excluding carboxylic acids is 1. The van der Waals surface area contributed by atoms with Crippen LogP contribution in [0.1, 0.15) is 11.5 Å². The number of nitrogens with one attached hydrogen (secondary N) is 1. The second-order valence-corrected chi connectivity index (χ2v) is 3.81. The molecule has 2 aromatic rings. The third kappa shape index (κ3) is 3.62. The summed E-state index contributed by atoms with van der Waals surface area (Å²) in [6, 6.07) is 10.8. The van der Waals surface area contributed by atoms with Crippen molar-refractivity contribution >= 4 is 6.09 Å². The Bertz CT molecular complexity index is 508. The summed E-state index contributed by atoms with van der Waals surface area (Å²) in [6.07, 6.45) is 0.141. The van der Waals surface area contributed by atoms with Crippen molar-refractivity contribution in [2.75, 3.05) is 6.54 Å². The van der Waals surface area contributed by atoms with Crippen LogP contribution in [0.4, 0.5) is 4.79 Å². The fourth-order valence-corrected chi connectivity index (χ4v) is 1.46. The standard InChI is InChI=1S/C13H14N2O3/c1-10-9-11(15-18-10)7-8-14-13(16)17-12-5-3-2-4-6-12/h2-6,9H,7-8H2,1H3,(H,14,16). The van der Waals surface area contributed by atoms with Crippen LogP contribution in [0.15, 0.2) is 40.9 Å². The third-order valence-corrected chi connectivity index (χ3v) is 2.28. The van der Waals surface area contributed by atoms with Crippen LogP contribution in [0.2, 0.25) is 0 Å². The minimum atomic E-state index is -0.471. The zero-order valence-electron chi connectivity index (χ0n) is 10.1. The second kappa shape index (κ2) is 5.86. The molecule has 0 aliphatic carbocycles. The van der Waals surface area contributed by atoms with Crippen molar-refractivity contribution in [3.63, 3.8) is 0 Å². The van der Waals surface area contributed by atoms with E-state index in [2.05, 4.69) is 10.5 Å². The Morgan fingerprint density at radius 2 is 2.17 bits per heavy atom. The number of aromatic nitrogens is 1. The summed E-state index contributed by atoms with van der Waals surface area (Å²) in [7, 11) is 0. The van der Waals surface area contributed by atoms with Crippen LogP contribution >= 0.6 is 0 Å². The molecule has 0 saturated heterocycles. The zero-order chi connectivity index (χ0) is 12.8. The van der Waals surface area contributed by atoms with Gasteiger partial charge in [-0.1, -0.05) is 23.4 Å². The van der Waals surface area contributed by atoms with E-state index in [1.807, 2.05) is 19.1 Å². The number of hydrogen-bond acceptors (Lipinski definition) is 4. The summed E-state index contributed by atoms with van der Waals surface area (Å²) < 4.78 is 9.99. The first-order valence-corrected chi connectivity index (χ1v) is 5.67. The first-order valence-electron chi connectivity index (χ1n) is 5.67. The molecule has 5 heteroatoms. The lowest BCUT2D eigenvalue weighted by atomic mass is 10.3. The highest BCUT2D eigenvalue weighted by atomic mass is 16.6. The largest absolute Gasteiger partial charge is 0.412 e. The van der Waals surface area contributed by atoms with Crippen LogP contribution < -0.4 is 10.1 Å². The van der Waals surface area contributed by atoms with Crippen LogP contribution in [0, 0.1) is 6.92 Å². The van der Waals surface area contributed by atoms with Gasteiger partial charge in [0.1, 0.15) is 11.5 Å². The van der Waals surface area contributed by atoms with Crippen molar-refractivity contribution in [1.29, 1.82) is 0 Å². The van der Waals surface area contributed by atoms with E-state index in [9.17, 15) is 4.79 Å². The van der Waals surface area contributed by atoms with Crippen molar-refractivity contribution in [3.05, 3.63) is 47.9 Å². The molecule has 0 fully saturated rings. The predicted molar refractivity (Wildman–Crippen MR) is 65.4 cm³/mol. The van der Waals surface area contributed by atoms with Gasteiger partial charge in [-0.2, -0.15) is 0 Å². The van der Waals surface area contributed by atoms with Gasteiger partial charge in [0.25, 0.3) is 0 Å².